The molecule has 1 fully saturated rings. The van der Waals surface area contributed by atoms with Gasteiger partial charge in [0, 0.05) is 42.0 Å². The summed E-state index contributed by atoms with van der Waals surface area (Å²) in [5, 5.41) is 4.86. The van der Waals surface area contributed by atoms with Crippen molar-refractivity contribution in [1.29, 1.82) is 0 Å². The maximum Gasteiger partial charge on any atom is 0.273 e. The maximum absolute atomic E-state index is 14.0. The molecule has 0 saturated carbocycles. The monoisotopic (exact) mass is 468 g/mol. The Labute approximate surface area is 195 Å². The number of likely N-dealkylation sites (N-methyl/N-ethyl adjacent to an activating group) is 1. The molecule has 0 spiro atoms. The SMILES string of the molecule is CCN(CC(=O)Nc1ccc(N2CCOCC2)cc1)C(=O)c1csc(-c2ccccc2F)n1. The van der Waals surface area contributed by atoms with E-state index in [1.165, 1.54) is 22.3 Å². The molecule has 1 saturated heterocycles. The quantitative estimate of drug-likeness (QED) is 0.570. The van der Waals surface area contributed by atoms with E-state index in [2.05, 4.69) is 15.2 Å². The molecule has 0 unspecified atom stereocenters. The normalized spacial score (nSPS) is 13.6. The van der Waals surface area contributed by atoms with Gasteiger partial charge in [-0.15, -0.1) is 11.3 Å². The van der Waals surface area contributed by atoms with Crippen molar-refractivity contribution in [3.05, 3.63) is 65.4 Å². The standard InChI is InChI=1S/C24H25FN4O3S/c1-2-28(24(31)21-16-33-23(27-21)19-5-3-4-6-20(19)25)15-22(30)26-17-7-9-18(10-8-17)29-11-13-32-14-12-29/h3-10,16H,2,11-15H2,1H3,(H,26,30). The van der Waals surface area contributed by atoms with E-state index in [0.29, 0.717) is 36.0 Å². The largest absolute Gasteiger partial charge is 0.378 e. The van der Waals surface area contributed by atoms with Gasteiger partial charge in [-0.3, -0.25) is 9.59 Å². The van der Waals surface area contributed by atoms with Crippen LogP contribution in [0, 0.1) is 5.82 Å². The molecular formula is C24H25FN4O3S. The fourth-order valence-corrected chi connectivity index (χ4v) is 4.39. The van der Waals surface area contributed by atoms with Gasteiger partial charge in [-0.1, -0.05) is 12.1 Å². The Morgan fingerprint density at radius 1 is 1.15 bits per heavy atom. The van der Waals surface area contributed by atoms with Crippen LogP contribution in [0.3, 0.4) is 0 Å². The minimum Gasteiger partial charge on any atom is -0.378 e. The molecule has 33 heavy (non-hydrogen) atoms. The Bertz CT molecular complexity index is 1110. The van der Waals surface area contributed by atoms with Gasteiger partial charge >= 0.3 is 0 Å². The summed E-state index contributed by atoms with van der Waals surface area (Å²) in [7, 11) is 0. The molecule has 1 aliphatic heterocycles. The predicted octanol–water partition coefficient (Wildman–Crippen LogP) is 3.89. The van der Waals surface area contributed by atoms with Gasteiger partial charge in [0.25, 0.3) is 5.91 Å². The molecule has 2 heterocycles. The number of carbonyl (C=O) groups is 2. The number of morpholine rings is 1. The number of anilines is 2. The zero-order chi connectivity index (χ0) is 23.2. The minimum atomic E-state index is -0.391. The van der Waals surface area contributed by atoms with E-state index in [1.807, 2.05) is 24.3 Å². The van der Waals surface area contributed by atoms with Gasteiger partial charge in [0.15, 0.2) is 0 Å². The molecule has 0 radical (unpaired) electrons. The van der Waals surface area contributed by atoms with Crippen LogP contribution in [-0.2, 0) is 9.53 Å². The van der Waals surface area contributed by atoms with Crippen LogP contribution in [-0.4, -0.2) is 61.1 Å². The highest BCUT2D eigenvalue weighted by molar-refractivity contribution is 7.13. The summed E-state index contributed by atoms with van der Waals surface area (Å²) < 4.78 is 19.4. The summed E-state index contributed by atoms with van der Waals surface area (Å²) >= 11 is 1.20. The summed E-state index contributed by atoms with van der Waals surface area (Å²) in [6, 6.07) is 13.9. The molecular weight excluding hydrogens is 443 g/mol. The molecule has 0 bridgehead atoms. The number of nitrogens with zero attached hydrogens (tertiary/aromatic N) is 3. The molecule has 3 aromatic rings. The average Bonchev–Trinajstić information content (AvgIpc) is 3.33. The third-order valence-corrected chi connectivity index (χ3v) is 6.23. The fraction of sp³-hybridized carbons (Fsp3) is 0.292. The van der Waals surface area contributed by atoms with E-state index in [4.69, 9.17) is 4.74 Å². The zero-order valence-corrected chi connectivity index (χ0v) is 19.1. The lowest BCUT2D eigenvalue weighted by Gasteiger charge is -2.29. The van der Waals surface area contributed by atoms with E-state index in [1.54, 1.807) is 30.5 Å². The van der Waals surface area contributed by atoms with Crippen LogP contribution in [0.2, 0.25) is 0 Å². The molecule has 1 N–H and O–H groups in total. The molecule has 9 heteroatoms. The first-order valence-corrected chi connectivity index (χ1v) is 11.7. The number of aromatic nitrogens is 1. The van der Waals surface area contributed by atoms with Gasteiger partial charge in [-0.05, 0) is 43.3 Å². The lowest BCUT2D eigenvalue weighted by molar-refractivity contribution is -0.116. The summed E-state index contributed by atoms with van der Waals surface area (Å²) in [6.07, 6.45) is 0. The van der Waals surface area contributed by atoms with Crippen molar-refractivity contribution in [3.63, 3.8) is 0 Å². The number of nitrogens with one attached hydrogen (secondary N) is 1. The molecule has 0 atom stereocenters. The average molecular weight is 469 g/mol. The van der Waals surface area contributed by atoms with Crippen molar-refractivity contribution in [2.24, 2.45) is 0 Å². The third-order valence-electron chi connectivity index (χ3n) is 5.36. The number of halogens is 1. The first-order chi connectivity index (χ1) is 16.0. The van der Waals surface area contributed by atoms with Crippen molar-refractivity contribution < 1.29 is 18.7 Å². The fourth-order valence-electron chi connectivity index (χ4n) is 3.57. The van der Waals surface area contributed by atoms with Gasteiger partial charge in [0.05, 0.1) is 13.2 Å². The van der Waals surface area contributed by atoms with Gasteiger partial charge in [0.1, 0.15) is 23.1 Å². The van der Waals surface area contributed by atoms with Crippen LogP contribution in [0.4, 0.5) is 15.8 Å². The number of carbonyl (C=O) groups excluding carboxylic acids is 2. The lowest BCUT2D eigenvalue weighted by atomic mass is 10.2. The van der Waals surface area contributed by atoms with Crippen molar-refractivity contribution in [3.8, 4) is 10.6 Å². The summed E-state index contributed by atoms with van der Waals surface area (Å²) in [4.78, 5) is 33.4. The van der Waals surface area contributed by atoms with Crippen LogP contribution in [0.1, 0.15) is 17.4 Å². The number of amides is 2. The van der Waals surface area contributed by atoms with Gasteiger partial charge in [-0.25, -0.2) is 9.37 Å². The smallest absolute Gasteiger partial charge is 0.273 e. The van der Waals surface area contributed by atoms with Crippen LogP contribution >= 0.6 is 11.3 Å². The van der Waals surface area contributed by atoms with Crippen molar-refractivity contribution in [1.82, 2.24) is 9.88 Å². The Morgan fingerprint density at radius 2 is 1.88 bits per heavy atom. The number of rotatable bonds is 7. The van der Waals surface area contributed by atoms with Crippen LogP contribution in [0.5, 0.6) is 0 Å². The summed E-state index contributed by atoms with van der Waals surface area (Å²) in [5.74, 6) is -1.06. The predicted molar refractivity (Wildman–Crippen MR) is 127 cm³/mol. The van der Waals surface area contributed by atoms with Crippen molar-refractivity contribution in [2.45, 2.75) is 6.92 Å². The number of hydrogen-bond acceptors (Lipinski definition) is 6. The maximum atomic E-state index is 14.0. The molecule has 2 amide bonds. The van der Waals surface area contributed by atoms with Gasteiger partial charge in [-0.2, -0.15) is 0 Å². The zero-order valence-electron chi connectivity index (χ0n) is 18.3. The Kier molecular flexibility index (Phi) is 7.31. The van der Waals surface area contributed by atoms with Gasteiger partial charge in [0.2, 0.25) is 5.91 Å². The molecule has 0 aliphatic carbocycles. The van der Waals surface area contributed by atoms with Crippen LogP contribution in [0.15, 0.2) is 53.9 Å². The lowest BCUT2D eigenvalue weighted by Crippen LogP contribution is -2.38. The second-order valence-electron chi connectivity index (χ2n) is 7.53. The summed E-state index contributed by atoms with van der Waals surface area (Å²) in [5.41, 5.74) is 2.29. The topological polar surface area (TPSA) is 74.8 Å². The summed E-state index contributed by atoms with van der Waals surface area (Å²) in [6.45, 7) is 5.14. The molecule has 1 aliphatic rings. The number of thiazole rings is 1. The van der Waals surface area contributed by atoms with Crippen molar-refractivity contribution in [2.75, 3.05) is 49.6 Å². The number of hydrogen-bond donors (Lipinski definition) is 1. The third kappa shape index (κ3) is 5.55. The second kappa shape index (κ2) is 10.5. The van der Waals surface area contributed by atoms with Crippen LogP contribution < -0.4 is 10.2 Å². The molecule has 7 nitrogen and oxygen atoms in total. The van der Waals surface area contributed by atoms with E-state index >= 15 is 0 Å². The van der Waals surface area contributed by atoms with Crippen molar-refractivity contribution >= 4 is 34.5 Å². The van der Waals surface area contributed by atoms with E-state index < -0.39 is 5.82 Å². The highest BCUT2D eigenvalue weighted by Gasteiger charge is 2.21. The molecule has 172 valence electrons. The number of ether oxygens (including phenoxy) is 1. The Hall–Kier alpha value is -3.30. The van der Waals surface area contributed by atoms with E-state index in [9.17, 15) is 14.0 Å². The highest BCUT2D eigenvalue weighted by atomic mass is 32.1. The Balaban J connectivity index is 1.37. The first kappa shape index (κ1) is 22.9. The van der Waals surface area contributed by atoms with E-state index in [0.717, 1.165) is 18.8 Å². The molecule has 2 aromatic carbocycles. The van der Waals surface area contributed by atoms with E-state index in [-0.39, 0.29) is 24.1 Å². The molecule has 1 aromatic heterocycles. The van der Waals surface area contributed by atoms with Crippen LogP contribution in [0.25, 0.3) is 10.6 Å². The first-order valence-electron chi connectivity index (χ1n) is 10.8. The molecule has 4 rings (SSSR count). The number of benzene rings is 2. The highest BCUT2D eigenvalue weighted by Crippen LogP contribution is 2.26. The van der Waals surface area contributed by atoms with Gasteiger partial charge < -0.3 is 19.9 Å². The second-order valence-corrected chi connectivity index (χ2v) is 8.39. The Morgan fingerprint density at radius 3 is 2.58 bits per heavy atom. The minimum absolute atomic E-state index is 0.104.